The number of rotatable bonds is 2. The Morgan fingerprint density at radius 2 is 2.20 bits per heavy atom. The fraction of sp³-hybridized carbons (Fsp3) is 0.917. The number of likely N-dealkylation sites (tertiary alicyclic amines) is 1. The van der Waals surface area contributed by atoms with Crippen molar-refractivity contribution in [3.05, 3.63) is 0 Å². The molecule has 2 atom stereocenters. The molecule has 1 aliphatic heterocycles. The first-order valence-electron chi connectivity index (χ1n) is 5.99. The summed E-state index contributed by atoms with van der Waals surface area (Å²) in [5, 5.41) is 3.67. The van der Waals surface area contributed by atoms with Crippen LogP contribution in [-0.4, -0.2) is 36.5 Å². The van der Waals surface area contributed by atoms with Crippen LogP contribution in [0, 0.1) is 5.41 Å². The molecule has 0 spiro atoms. The summed E-state index contributed by atoms with van der Waals surface area (Å²) in [6.45, 7) is 5.54. The molecule has 1 aliphatic carbocycles. The van der Waals surface area contributed by atoms with Crippen molar-refractivity contribution in [2.75, 3.05) is 13.6 Å². The minimum Gasteiger partial charge on any atom is -0.344 e. The van der Waals surface area contributed by atoms with Crippen molar-refractivity contribution in [1.82, 2.24) is 10.2 Å². The van der Waals surface area contributed by atoms with Gasteiger partial charge in [0.2, 0.25) is 5.91 Å². The third kappa shape index (κ3) is 2.17. The van der Waals surface area contributed by atoms with Crippen LogP contribution >= 0.6 is 0 Å². The molecule has 1 amide bonds. The fourth-order valence-corrected chi connectivity index (χ4v) is 2.90. The zero-order valence-corrected chi connectivity index (χ0v) is 10.0. The molecular formula is C12H22N2O. The van der Waals surface area contributed by atoms with Crippen LogP contribution in [0.5, 0.6) is 0 Å². The van der Waals surface area contributed by atoms with Crippen molar-refractivity contribution in [1.29, 1.82) is 0 Å². The van der Waals surface area contributed by atoms with Crippen LogP contribution in [0.25, 0.3) is 0 Å². The van der Waals surface area contributed by atoms with Crippen LogP contribution in [0.3, 0.4) is 0 Å². The molecule has 15 heavy (non-hydrogen) atoms. The van der Waals surface area contributed by atoms with Gasteiger partial charge in [0, 0.05) is 32.1 Å². The number of carbonyl (C=O) groups excluding carboxylic acids is 1. The molecule has 2 unspecified atom stereocenters. The first-order valence-corrected chi connectivity index (χ1v) is 5.99. The standard InChI is InChI=1S/C12H22N2O/c1-12(2)6-4-5-10(12)13-9-7-11(15)14(3)8-9/h9-10,13H,4-8H2,1-3H3. The van der Waals surface area contributed by atoms with Gasteiger partial charge < -0.3 is 10.2 Å². The van der Waals surface area contributed by atoms with E-state index in [4.69, 9.17) is 0 Å². The predicted octanol–water partition coefficient (Wildman–Crippen LogP) is 1.39. The number of amides is 1. The van der Waals surface area contributed by atoms with E-state index in [0.29, 0.717) is 23.9 Å². The Labute approximate surface area is 92.2 Å². The van der Waals surface area contributed by atoms with Crippen molar-refractivity contribution in [2.24, 2.45) is 5.41 Å². The molecule has 3 nitrogen and oxygen atoms in total. The van der Waals surface area contributed by atoms with Crippen molar-refractivity contribution in [3.63, 3.8) is 0 Å². The van der Waals surface area contributed by atoms with Crippen LogP contribution < -0.4 is 5.32 Å². The van der Waals surface area contributed by atoms with E-state index in [0.717, 1.165) is 6.54 Å². The molecule has 86 valence electrons. The molecule has 1 saturated heterocycles. The second kappa shape index (κ2) is 3.78. The predicted molar refractivity (Wildman–Crippen MR) is 60.6 cm³/mol. The highest BCUT2D eigenvalue weighted by atomic mass is 16.2. The summed E-state index contributed by atoms with van der Waals surface area (Å²) in [4.78, 5) is 13.2. The lowest BCUT2D eigenvalue weighted by atomic mass is 9.87. The number of carbonyl (C=O) groups is 1. The number of hydrogen-bond acceptors (Lipinski definition) is 2. The van der Waals surface area contributed by atoms with Gasteiger partial charge in [-0.3, -0.25) is 4.79 Å². The van der Waals surface area contributed by atoms with Crippen molar-refractivity contribution >= 4 is 5.91 Å². The lowest BCUT2D eigenvalue weighted by Crippen LogP contribution is -2.44. The van der Waals surface area contributed by atoms with Gasteiger partial charge in [0.1, 0.15) is 0 Å². The monoisotopic (exact) mass is 210 g/mol. The van der Waals surface area contributed by atoms with E-state index in [1.54, 1.807) is 0 Å². The summed E-state index contributed by atoms with van der Waals surface area (Å²) in [7, 11) is 1.89. The number of hydrogen-bond donors (Lipinski definition) is 1. The summed E-state index contributed by atoms with van der Waals surface area (Å²) in [5.41, 5.74) is 0.407. The maximum absolute atomic E-state index is 11.4. The van der Waals surface area contributed by atoms with Gasteiger partial charge in [-0.05, 0) is 18.3 Å². The minimum atomic E-state index is 0.281. The number of nitrogens with zero attached hydrogens (tertiary/aromatic N) is 1. The molecule has 1 heterocycles. The Hall–Kier alpha value is -0.570. The fourth-order valence-electron chi connectivity index (χ4n) is 2.90. The summed E-state index contributed by atoms with van der Waals surface area (Å²) in [5.74, 6) is 0.281. The first-order chi connectivity index (χ1) is 6.99. The highest BCUT2D eigenvalue weighted by Crippen LogP contribution is 2.37. The molecule has 0 radical (unpaired) electrons. The molecule has 0 aromatic heterocycles. The highest BCUT2D eigenvalue weighted by molar-refractivity contribution is 5.78. The molecule has 0 aromatic rings. The highest BCUT2D eigenvalue weighted by Gasteiger charge is 2.37. The van der Waals surface area contributed by atoms with Crippen LogP contribution in [0.4, 0.5) is 0 Å². The average molecular weight is 210 g/mol. The third-order valence-electron chi connectivity index (χ3n) is 4.04. The largest absolute Gasteiger partial charge is 0.344 e. The molecule has 2 rings (SSSR count). The van der Waals surface area contributed by atoms with Crippen LogP contribution in [0.1, 0.15) is 39.5 Å². The topological polar surface area (TPSA) is 32.3 Å². The quantitative estimate of drug-likeness (QED) is 0.747. The summed E-state index contributed by atoms with van der Waals surface area (Å²) < 4.78 is 0. The van der Waals surface area contributed by atoms with Gasteiger partial charge in [0.15, 0.2) is 0 Å². The number of likely N-dealkylation sites (N-methyl/N-ethyl adjacent to an activating group) is 1. The summed E-state index contributed by atoms with van der Waals surface area (Å²) >= 11 is 0. The molecule has 3 heteroatoms. The second-order valence-corrected chi connectivity index (χ2v) is 5.78. The molecule has 1 saturated carbocycles. The molecule has 0 aromatic carbocycles. The van der Waals surface area contributed by atoms with E-state index < -0.39 is 0 Å². The van der Waals surface area contributed by atoms with E-state index in [2.05, 4.69) is 19.2 Å². The van der Waals surface area contributed by atoms with E-state index >= 15 is 0 Å². The molecule has 1 N–H and O–H groups in total. The molecular weight excluding hydrogens is 188 g/mol. The smallest absolute Gasteiger partial charge is 0.224 e. The SMILES string of the molecule is CN1CC(NC2CCCC2(C)C)CC1=O. The first kappa shape index (κ1) is 10.9. The van der Waals surface area contributed by atoms with Gasteiger partial charge in [-0.1, -0.05) is 20.3 Å². The minimum absolute atomic E-state index is 0.281. The van der Waals surface area contributed by atoms with E-state index in [-0.39, 0.29) is 5.91 Å². The Kier molecular flexibility index (Phi) is 2.75. The van der Waals surface area contributed by atoms with Gasteiger partial charge >= 0.3 is 0 Å². The van der Waals surface area contributed by atoms with Crippen LogP contribution in [0.15, 0.2) is 0 Å². The zero-order valence-electron chi connectivity index (χ0n) is 10.0. The third-order valence-corrected chi connectivity index (χ3v) is 4.04. The lowest BCUT2D eigenvalue weighted by Gasteiger charge is -2.30. The molecule has 2 fully saturated rings. The van der Waals surface area contributed by atoms with Gasteiger partial charge in [-0.15, -0.1) is 0 Å². The Morgan fingerprint density at radius 1 is 1.47 bits per heavy atom. The van der Waals surface area contributed by atoms with Crippen molar-refractivity contribution in [3.8, 4) is 0 Å². The molecule has 0 bridgehead atoms. The van der Waals surface area contributed by atoms with Crippen molar-refractivity contribution < 1.29 is 4.79 Å². The lowest BCUT2D eigenvalue weighted by molar-refractivity contribution is -0.126. The number of nitrogens with one attached hydrogen (secondary N) is 1. The molecule has 2 aliphatic rings. The van der Waals surface area contributed by atoms with Gasteiger partial charge in [-0.25, -0.2) is 0 Å². The average Bonchev–Trinajstić information content (AvgIpc) is 2.59. The summed E-state index contributed by atoms with van der Waals surface area (Å²) in [6, 6.07) is 0.978. The zero-order chi connectivity index (χ0) is 11.1. The van der Waals surface area contributed by atoms with Crippen molar-refractivity contribution in [2.45, 2.75) is 51.6 Å². The van der Waals surface area contributed by atoms with Gasteiger partial charge in [0.05, 0.1) is 0 Å². The maximum Gasteiger partial charge on any atom is 0.224 e. The normalized spacial score (nSPS) is 35.1. The van der Waals surface area contributed by atoms with Gasteiger partial charge in [0.25, 0.3) is 0 Å². The van der Waals surface area contributed by atoms with Gasteiger partial charge in [-0.2, -0.15) is 0 Å². The maximum atomic E-state index is 11.4. The Morgan fingerprint density at radius 3 is 2.67 bits per heavy atom. The van der Waals surface area contributed by atoms with Crippen LogP contribution in [-0.2, 0) is 4.79 Å². The second-order valence-electron chi connectivity index (χ2n) is 5.78. The van der Waals surface area contributed by atoms with E-state index in [1.165, 1.54) is 19.3 Å². The Bertz CT molecular complexity index is 262. The summed E-state index contributed by atoms with van der Waals surface area (Å²) in [6.07, 6.45) is 4.58. The van der Waals surface area contributed by atoms with Crippen LogP contribution in [0.2, 0.25) is 0 Å². The van der Waals surface area contributed by atoms with E-state index in [1.807, 2.05) is 11.9 Å². The van der Waals surface area contributed by atoms with E-state index in [9.17, 15) is 4.79 Å². The Balaban J connectivity index is 1.90.